The van der Waals surface area contributed by atoms with Crippen molar-refractivity contribution in [3.05, 3.63) is 33.4 Å². The van der Waals surface area contributed by atoms with Crippen molar-refractivity contribution in [1.29, 1.82) is 0 Å². The molecule has 2 heterocycles. The van der Waals surface area contributed by atoms with Gasteiger partial charge in [0.05, 0.1) is 12.3 Å². The van der Waals surface area contributed by atoms with Gasteiger partial charge >= 0.3 is 0 Å². The van der Waals surface area contributed by atoms with E-state index in [9.17, 15) is 5.11 Å². The zero-order valence-corrected chi connectivity index (χ0v) is 11.5. The molecule has 3 rings (SSSR count). The number of hydrogen-bond acceptors (Lipinski definition) is 4. The molecule has 16 heavy (non-hydrogen) atoms. The molecule has 0 radical (unpaired) electrons. The van der Waals surface area contributed by atoms with Gasteiger partial charge in [-0.15, -0.1) is 0 Å². The summed E-state index contributed by atoms with van der Waals surface area (Å²) in [6.45, 7) is 1.62. The maximum absolute atomic E-state index is 10.7. The summed E-state index contributed by atoms with van der Waals surface area (Å²) < 4.78 is 1.19. The fourth-order valence-corrected chi connectivity index (χ4v) is 3.69. The highest BCUT2D eigenvalue weighted by Gasteiger charge is 2.46. The van der Waals surface area contributed by atoms with Crippen LogP contribution in [0.5, 0.6) is 0 Å². The fourth-order valence-electron chi connectivity index (χ4n) is 2.09. The Hall–Kier alpha value is -0.270. The van der Waals surface area contributed by atoms with E-state index in [0.29, 0.717) is 5.75 Å². The molecule has 0 aliphatic carbocycles. The highest BCUT2D eigenvalue weighted by Crippen LogP contribution is 2.40. The van der Waals surface area contributed by atoms with Crippen molar-refractivity contribution in [2.24, 2.45) is 4.99 Å². The second-order valence-electron chi connectivity index (χ2n) is 3.93. The van der Waals surface area contributed by atoms with Crippen LogP contribution in [0, 0.1) is 3.57 Å². The monoisotopic (exact) mass is 346 g/mol. The van der Waals surface area contributed by atoms with Crippen molar-refractivity contribution in [2.75, 3.05) is 18.8 Å². The number of amidine groups is 1. The number of thioether (sulfide) groups is 1. The van der Waals surface area contributed by atoms with E-state index in [1.54, 1.807) is 11.8 Å². The highest BCUT2D eigenvalue weighted by atomic mass is 127. The molecule has 1 atom stereocenters. The molecule has 1 aromatic rings. The predicted octanol–water partition coefficient (Wildman–Crippen LogP) is 1.85. The van der Waals surface area contributed by atoms with Gasteiger partial charge in [0.25, 0.3) is 0 Å². The van der Waals surface area contributed by atoms with Crippen LogP contribution in [0.1, 0.15) is 5.56 Å². The van der Waals surface area contributed by atoms with Crippen LogP contribution in [-0.4, -0.2) is 34.0 Å². The number of nitrogens with zero attached hydrogens (tertiary/aromatic N) is 2. The van der Waals surface area contributed by atoms with Crippen LogP contribution >= 0.6 is 34.4 Å². The molecule has 0 amide bonds. The number of halogens is 1. The van der Waals surface area contributed by atoms with Crippen LogP contribution in [0.15, 0.2) is 29.3 Å². The van der Waals surface area contributed by atoms with Gasteiger partial charge in [-0.1, -0.05) is 23.9 Å². The molecule has 1 fully saturated rings. The van der Waals surface area contributed by atoms with E-state index in [1.165, 1.54) is 3.57 Å². The smallest absolute Gasteiger partial charge is 0.175 e. The van der Waals surface area contributed by atoms with Crippen molar-refractivity contribution in [1.82, 2.24) is 4.90 Å². The van der Waals surface area contributed by atoms with Crippen molar-refractivity contribution in [3.8, 4) is 0 Å². The lowest BCUT2D eigenvalue weighted by Gasteiger charge is -2.31. The first-order valence-electron chi connectivity index (χ1n) is 5.13. The van der Waals surface area contributed by atoms with E-state index in [-0.39, 0.29) is 0 Å². The molecule has 0 bridgehead atoms. The Morgan fingerprint density at radius 2 is 2.12 bits per heavy atom. The lowest BCUT2D eigenvalue weighted by Crippen LogP contribution is -2.43. The van der Waals surface area contributed by atoms with Gasteiger partial charge in [0.1, 0.15) is 0 Å². The second-order valence-corrected chi connectivity index (χ2v) is 6.12. The van der Waals surface area contributed by atoms with E-state index in [4.69, 9.17) is 0 Å². The Bertz CT molecular complexity index is 448. The Morgan fingerprint density at radius 1 is 1.38 bits per heavy atom. The first kappa shape index (κ1) is 10.9. The Morgan fingerprint density at radius 3 is 2.88 bits per heavy atom. The zero-order chi connectivity index (χ0) is 11.2. The van der Waals surface area contributed by atoms with Crippen LogP contribution in [0.2, 0.25) is 0 Å². The molecule has 3 nitrogen and oxygen atoms in total. The SMILES string of the molecule is OC1(c2ccc(I)cc2)CSC2=NCCN21. The van der Waals surface area contributed by atoms with Gasteiger partial charge < -0.3 is 10.0 Å². The van der Waals surface area contributed by atoms with Crippen molar-refractivity contribution >= 4 is 39.5 Å². The topological polar surface area (TPSA) is 35.8 Å². The average molecular weight is 346 g/mol. The third kappa shape index (κ3) is 1.56. The number of fused-ring (bicyclic) bond motifs is 1. The Labute approximate surface area is 112 Å². The van der Waals surface area contributed by atoms with Crippen molar-refractivity contribution in [3.63, 3.8) is 0 Å². The molecule has 2 aliphatic rings. The molecule has 0 spiro atoms. The average Bonchev–Trinajstić information content (AvgIpc) is 2.85. The van der Waals surface area contributed by atoms with E-state index in [2.05, 4.69) is 27.6 Å². The maximum Gasteiger partial charge on any atom is 0.175 e. The Kier molecular flexibility index (Phi) is 2.64. The molecular formula is C11H11IN2OS. The van der Waals surface area contributed by atoms with E-state index in [0.717, 1.165) is 23.8 Å². The van der Waals surface area contributed by atoms with Gasteiger partial charge in [0.15, 0.2) is 10.9 Å². The van der Waals surface area contributed by atoms with Gasteiger partial charge in [-0.25, -0.2) is 0 Å². The minimum Gasteiger partial charge on any atom is -0.366 e. The molecule has 1 aromatic carbocycles. The molecule has 0 aromatic heterocycles. The van der Waals surface area contributed by atoms with Crippen molar-refractivity contribution in [2.45, 2.75) is 5.72 Å². The van der Waals surface area contributed by atoms with Gasteiger partial charge in [-0.05, 0) is 34.7 Å². The van der Waals surface area contributed by atoms with Crippen LogP contribution in [-0.2, 0) is 5.72 Å². The molecule has 1 unspecified atom stereocenters. The summed E-state index contributed by atoms with van der Waals surface area (Å²) in [5.41, 5.74) is 0.108. The largest absolute Gasteiger partial charge is 0.366 e. The summed E-state index contributed by atoms with van der Waals surface area (Å²) in [6.07, 6.45) is 0. The first-order chi connectivity index (χ1) is 7.70. The van der Waals surface area contributed by atoms with Gasteiger partial charge in [0.2, 0.25) is 0 Å². The molecular weight excluding hydrogens is 335 g/mol. The van der Waals surface area contributed by atoms with E-state index in [1.807, 2.05) is 29.2 Å². The van der Waals surface area contributed by atoms with Gasteiger partial charge in [0, 0.05) is 15.7 Å². The van der Waals surface area contributed by atoms with Crippen LogP contribution in [0.3, 0.4) is 0 Å². The quantitative estimate of drug-likeness (QED) is 0.789. The molecule has 0 saturated carbocycles. The standard InChI is InChI=1S/C11H11IN2OS/c12-9-3-1-8(2-4-9)11(15)7-16-10-13-5-6-14(10)11/h1-4,15H,5-7H2. The lowest BCUT2D eigenvalue weighted by atomic mass is 10.0. The fraction of sp³-hybridized carbons (Fsp3) is 0.364. The number of aliphatic imine (C=N–C) groups is 1. The van der Waals surface area contributed by atoms with Crippen LogP contribution in [0.4, 0.5) is 0 Å². The minimum atomic E-state index is -0.857. The molecule has 5 heteroatoms. The maximum atomic E-state index is 10.7. The van der Waals surface area contributed by atoms with Gasteiger partial charge in [-0.2, -0.15) is 0 Å². The van der Waals surface area contributed by atoms with E-state index >= 15 is 0 Å². The first-order valence-corrected chi connectivity index (χ1v) is 7.20. The number of hydrogen-bond donors (Lipinski definition) is 1. The molecule has 1 N–H and O–H groups in total. The summed E-state index contributed by atoms with van der Waals surface area (Å²) in [4.78, 5) is 6.39. The molecule has 2 aliphatic heterocycles. The molecule has 1 saturated heterocycles. The van der Waals surface area contributed by atoms with Crippen LogP contribution < -0.4 is 0 Å². The normalized spacial score (nSPS) is 28.1. The Balaban J connectivity index is 1.99. The van der Waals surface area contributed by atoms with E-state index < -0.39 is 5.72 Å². The summed E-state index contributed by atoms with van der Waals surface area (Å²) in [5.74, 6) is 0.673. The number of benzene rings is 1. The second kappa shape index (κ2) is 3.89. The third-order valence-electron chi connectivity index (χ3n) is 2.96. The zero-order valence-electron chi connectivity index (χ0n) is 8.56. The predicted molar refractivity (Wildman–Crippen MR) is 74.5 cm³/mol. The summed E-state index contributed by atoms with van der Waals surface area (Å²) in [5, 5.41) is 11.7. The minimum absolute atomic E-state index is 0.673. The molecule has 84 valence electrons. The number of aliphatic hydroxyl groups is 1. The lowest BCUT2D eigenvalue weighted by molar-refractivity contribution is -0.0425. The van der Waals surface area contributed by atoms with Gasteiger partial charge in [-0.3, -0.25) is 4.99 Å². The van der Waals surface area contributed by atoms with Crippen LogP contribution in [0.25, 0.3) is 0 Å². The number of rotatable bonds is 1. The summed E-state index contributed by atoms with van der Waals surface area (Å²) in [7, 11) is 0. The summed E-state index contributed by atoms with van der Waals surface area (Å²) >= 11 is 3.91. The third-order valence-corrected chi connectivity index (χ3v) is 4.83. The highest BCUT2D eigenvalue weighted by molar-refractivity contribution is 14.1. The van der Waals surface area contributed by atoms with Crippen molar-refractivity contribution < 1.29 is 5.11 Å². The summed E-state index contributed by atoms with van der Waals surface area (Å²) in [6, 6.07) is 8.07.